The Bertz CT molecular complexity index is 1530. The van der Waals surface area contributed by atoms with Gasteiger partial charge in [0.25, 0.3) is 5.56 Å². The third-order valence-corrected chi connectivity index (χ3v) is 7.32. The van der Waals surface area contributed by atoms with Crippen LogP contribution < -0.4 is 15.0 Å². The summed E-state index contributed by atoms with van der Waals surface area (Å²) in [4.78, 5) is 18.4. The number of aromatic nitrogens is 2. The van der Waals surface area contributed by atoms with Crippen molar-refractivity contribution in [3.8, 4) is 11.5 Å². The largest absolute Gasteiger partial charge is 0.490 e. The topological polar surface area (TPSA) is 65.7 Å². The summed E-state index contributed by atoms with van der Waals surface area (Å²) in [6.45, 7) is 2.36. The molecular weight excluding hydrogens is 549 g/mol. The van der Waals surface area contributed by atoms with Gasteiger partial charge in [-0.25, -0.2) is 9.37 Å². The highest BCUT2D eigenvalue weighted by molar-refractivity contribution is 9.10. The molecule has 1 heterocycles. The van der Waals surface area contributed by atoms with Crippen molar-refractivity contribution in [3.63, 3.8) is 0 Å². The van der Waals surface area contributed by atoms with Crippen LogP contribution in [0.15, 0.2) is 75.0 Å². The predicted octanol–water partition coefficient (Wildman–Crippen LogP) is 7.21. The minimum Gasteiger partial charge on any atom is -0.490 e. The molecule has 4 aromatic rings. The van der Waals surface area contributed by atoms with Gasteiger partial charge in [0, 0.05) is 11.5 Å². The van der Waals surface area contributed by atoms with Gasteiger partial charge in [0.05, 0.1) is 28.2 Å². The van der Waals surface area contributed by atoms with E-state index in [-0.39, 0.29) is 23.9 Å². The average molecular weight is 578 g/mol. The monoisotopic (exact) mass is 577 g/mol. The molecule has 38 heavy (non-hydrogen) atoms. The minimum atomic E-state index is -0.325. The fourth-order valence-electron chi connectivity index (χ4n) is 4.83. The van der Waals surface area contributed by atoms with Gasteiger partial charge < -0.3 is 9.47 Å². The Morgan fingerprint density at radius 1 is 1.08 bits per heavy atom. The number of rotatable bonds is 8. The number of halogens is 2. The predicted molar refractivity (Wildman–Crippen MR) is 151 cm³/mol. The first kappa shape index (κ1) is 26.1. The van der Waals surface area contributed by atoms with E-state index in [4.69, 9.17) is 14.5 Å². The van der Waals surface area contributed by atoms with Crippen molar-refractivity contribution in [1.29, 1.82) is 0 Å². The molecule has 1 saturated carbocycles. The summed E-state index contributed by atoms with van der Waals surface area (Å²) in [7, 11) is 0. The zero-order valence-electron chi connectivity index (χ0n) is 21.2. The van der Waals surface area contributed by atoms with Gasteiger partial charge in [-0.15, -0.1) is 0 Å². The van der Waals surface area contributed by atoms with Crippen molar-refractivity contribution in [1.82, 2.24) is 9.66 Å². The van der Waals surface area contributed by atoms with E-state index in [9.17, 15) is 9.18 Å². The van der Waals surface area contributed by atoms with Gasteiger partial charge in [0.2, 0.25) is 0 Å². The van der Waals surface area contributed by atoms with E-state index >= 15 is 0 Å². The Morgan fingerprint density at radius 2 is 1.84 bits per heavy atom. The van der Waals surface area contributed by atoms with Gasteiger partial charge in [0.15, 0.2) is 11.5 Å². The molecule has 5 rings (SSSR count). The molecule has 3 aromatic carbocycles. The van der Waals surface area contributed by atoms with Crippen LogP contribution in [0.5, 0.6) is 11.5 Å². The summed E-state index contributed by atoms with van der Waals surface area (Å²) in [5.74, 6) is 1.54. The fourth-order valence-corrected chi connectivity index (χ4v) is 5.41. The van der Waals surface area contributed by atoms with Gasteiger partial charge in [0.1, 0.15) is 18.2 Å². The third-order valence-electron chi connectivity index (χ3n) is 6.73. The van der Waals surface area contributed by atoms with Gasteiger partial charge in [-0.3, -0.25) is 4.79 Å². The highest BCUT2D eigenvalue weighted by Gasteiger charge is 2.22. The average Bonchev–Trinajstić information content (AvgIpc) is 2.93. The molecule has 0 saturated heterocycles. The van der Waals surface area contributed by atoms with Crippen LogP contribution in [-0.2, 0) is 6.61 Å². The molecule has 8 heteroatoms. The minimum absolute atomic E-state index is 0.0572. The lowest BCUT2D eigenvalue weighted by atomic mass is 9.88. The Hall–Kier alpha value is -3.52. The van der Waals surface area contributed by atoms with E-state index < -0.39 is 0 Å². The molecule has 196 valence electrons. The zero-order valence-corrected chi connectivity index (χ0v) is 22.8. The van der Waals surface area contributed by atoms with Gasteiger partial charge in [-0.2, -0.15) is 9.78 Å². The summed E-state index contributed by atoms with van der Waals surface area (Å²) in [6, 6.07) is 17.5. The molecule has 0 spiro atoms. The summed E-state index contributed by atoms with van der Waals surface area (Å²) in [5.41, 5.74) is 1.68. The Morgan fingerprint density at radius 3 is 2.63 bits per heavy atom. The lowest BCUT2D eigenvalue weighted by Crippen LogP contribution is -2.25. The molecule has 0 aliphatic heterocycles. The van der Waals surface area contributed by atoms with Crippen LogP contribution >= 0.6 is 15.9 Å². The van der Waals surface area contributed by atoms with Crippen LogP contribution in [-0.4, -0.2) is 22.5 Å². The summed E-state index contributed by atoms with van der Waals surface area (Å²) in [6.07, 6.45) is 7.07. The first-order chi connectivity index (χ1) is 18.5. The van der Waals surface area contributed by atoms with E-state index in [0.717, 1.165) is 25.7 Å². The number of ether oxygens (including phenoxy) is 2. The second kappa shape index (κ2) is 11.9. The van der Waals surface area contributed by atoms with Crippen molar-refractivity contribution < 1.29 is 13.9 Å². The van der Waals surface area contributed by atoms with Crippen LogP contribution in [0.25, 0.3) is 10.9 Å². The molecule has 0 amide bonds. The molecule has 6 nitrogen and oxygen atoms in total. The molecule has 0 unspecified atom stereocenters. The second-order valence-corrected chi connectivity index (χ2v) is 10.2. The second-order valence-electron chi connectivity index (χ2n) is 9.33. The van der Waals surface area contributed by atoms with E-state index in [2.05, 4.69) is 21.0 Å². The van der Waals surface area contributed by atoms with E-state index in [1.54, 1.807) is 36.5 Å². The number of hydrogen-bond acceptors (Lipinski definition) is 5. The lowest BCUT2D eigenvalue weighted by Gasteiger charge is -2.22. The highest BCUT2D eigenvalue weighted by Crippen LogP contribution is 2.37. The quantitative estimate of drug-likeness (QED) is 0.207. The van der Waals surface area contributed by atoms with Crippen LogP contribution in [0, 0.1) is 5.82 Å². The molecule has 1 aromatic heterocycles. The first-order valence-electron chi connectivity index (χ1n) is 12.9. The summed E-state index contributed by atoms with van der Waals surface area (Å²) < 4.78 is 28.0. The molecule has 0 atom stereocenters. The molecule has 1 aliphatic rings. The first-order valence-corrected chi connectivity index (χ1v) is 13.7. The van der Waals surface area contributed by atoms with Crippen molar-refractivity contribution >= 4 is 33.0 Å². The number of benzene rings is 3. The highest BCUT2D eigenvalue weighted by atomic mass is 79.9. The maximum Gasteiger partial charge on any atom is 0.282 e. The molecule has 0 N–H and O–H groups in total. The normalized spacial score (nSPS) is 14.3. The number of nitrogens with zero attached hydrogens (tertiary/aromatic N) is 3. The van der Waals surface area contributed by atoms with Crippen molar-refractivity contribution in [3.05, 3.63) is 98.3 Å². The number of hydrogen-bond donors (Lipinski definition) is 0. The van der Waals surface area contributed by atoms with Crippen molar-refractivity contribution in [2.24, 2.45) is 5.10 Å². The van der Waals surface area contributed by atoms with Crippen LogP contribution in [0.3, 0.4) is 0 Å². The van der Waals surface area contributed by atoms with Crippen LogP contribution in [0.2, 0.25) is 0 Å². The summed E-state index contributed by atoms with van der Waals surface area (Å²) in [5, 5.41) is 5.17. The third kappa shape index (κ3) is 5.65. The van der Waals surface area contributed by atoms with Gasteiger partial charge in [-0.1, -0.05) is 49.6 Å². The standard InChI is InChI=1S/C30H29BrFN3O3/c1-2-37-27-17-20(16-24(31)28(27)38-19-22-12-6-8-14-25(22)32)18-33-35-29(21-10-4-3-5-11-21)34-26-15-9-7-13-23(26)30(35)36/h6-9,12-18,21H,2-5,10-11,19H2,1H3. The molecule has 1 aliphatic carbocycles. The maximum absolute atomic E-state index is 14.1. The smallest absolute Gasteiger partial charge is 0.282 e. The molecule has 1 fully saturated rings. The molecular formula is C30H29BrFN3O3. The fraction of sp³-hybridized carbons (Fsp3) is 0.300. The zero-order chi connectivity index (χ0) is 26.5. The van der Waals surface area contributed by atoms with Crippen molar-refractivity contribution in [2.45, 2.75) is 51.6 Å². The Kier molecular flexibility index (Phi) is 8.17. The molecule has 0 radical (unpaired) electrons. The maximum atomic E-state index is 14.1. The number of fused-ring (bicyclic) bond motifs is 1. The van der Waals surface area contributed by atoms with Crippen LogP contribution in [0.4, 0.5) is 4.39 Å². The Labute approximate surface area is 229 Å². The lowest BCUT2D eigenvalue weighted by molar-refractivity contribution is 0.264. The summed E-state index contributed by atoms with van der Waals surface area (Å²) >= 11 is 3.57. The number of para-hydroxylation sites is 1. The van der Waals surface area contributed by atoms with E-state index in [0.29, 0.717) is 50.4 Å². The van der Waals surface area contributed by atoms with Crippen LogP contribution in [0.1, 0.15) is 61.9 Å². The van der Waals surface area contributed by atoms with Gasteiger partial charge in [-0.05, 0) is 71.6 Å². The Balaban J connectivity index is 1.50. The van der Waals surface area contributed by atoms with E-state index in [1.807, 2.05) is 31.2 Å². The van der Waals surface area contributed by atoms with Crippen molar-refractivity contribution in [2.75, 3.05) is 6.61 Å². The SMILES string of the molecule is CCOc1cc(C=Nn2c(C3CCCCC3)nc3ccccc3c2=O)cc(Br)c1OCc1ccccc1F. The molecule has 0 bridgehead atoms. The van der Waals surface area contributed by atoms with E-state index in [1.165, 1.54) is 17.2 Å². The van der Waals surface area contributed by atoms with Gasteiger partial charge >= 0.3 is 0 Å².